The molecule has 1 rings (SSSR count). The minimum absolute atomic E-state index is 0.0841. The highest BCUT2D eigenvalue weighted by Crippen LogP contribution is 2.20. The maximum Gasteiger partial charge on any atom is 0.341 e. The summed E-state index contributed by atoms with van der Waals surface area (Å²) in [6.45, 7) is 0.0841. The Morgan fingerprint density at radius 3 is 2.79 bits per heavy atom. The molecule has 0 amide bonds. The van der Waals surface area contributed by atoms with Crippen LogP contribution in [0.25, 0.3) is 0 Å². The number of hydrogen-bond donors (Lipinski definition) is 1. The van der Waals surface area contributed by atoms with Gasteiger partial charge in [-0.05, 0) is 17.7 Å². The van der Waals surface area contributed by atoms with Crippen LogP contribution < -0.4 is 5.73 Å². The molecule has 0 aliphatic carbocycles. The number of hydrogen-bond acceptors (Lipinski definition) is 3. The smallest absolute Gasteiger partial charge is 0.341 e. The summed E-state index contributed by atoms with van der Waals surface area (Å²) in [5, 5.41) is 0. The van der Waals surface area contributed by atoms with Gasteiger partial charge >= 0.3 is 5.97 Å². The van der Waals surface area contributed by atoms with E-state index in [9.17, 15) is 9.18 Å². The van der Waals surface area contributed by atoms with Gasteiger partial charge in [0.2, 0.25) is 0 Å². The van der Waals surface area contributed by atoms with E-state index in [0.717, 1.165) is 0 Å². The van der Waals surface area contributed by atoms with Crippen LogP contribution in [0.1, 0.15) is 15.9 Å². The van der Waals surface area contributed by atoms with Crippen LogP contribution in [-0.4, -0.2) is 13.1 Å². The normalized spacial score (nSPS) is 10.0. The summed E-state index contributed by atoms with van der Waals surface area (Å²) in [7, 11) is 1.20. The molecule has 0 saturated carbocycles. The average Bonchev–Trinajstić information content (AvgIpc) is 2.15. The maximum absolute atomic E-state index is 13.3. The van der Waals surface area contributed by atoms with Crippen LogP contribution in [-0.2, 0) is 11.3 Å². The first-order valence-electron chi connectivity index (χ1n) is 3.86. The van der Waals surface area contributed by atoms with Crippen molar-refractivity contribution in [3.05, 3.63) is 33.5 Å². The molecular formula is C9H9BrFNO2. The Morgan fingerprint density at radius 1 is 1.64 bits per heavy atom. The van der Waals surface area contributed by atoms with Gasteiger partial charge in [0.1, 0.15) is 5.82 Å². The Kier molecular flexibility index (Phi) is 3.60. The third-order valence-electron chi connectivity index (χ3n) is 1.75. The van der Waals surface area contributed by atoms with Gasteiger partial charge in [-0.3, -0.25) is 0 Å². The fourth-order valence-corrected chi connectivity index (χ4v) is 1.60. The highest BCUT2D eigenvalue weighted by atomic mass is 79.9. The Bertz CT molecular complexity index is 368. The van der Waals surface area contributed by atoms with Crippen molar-refractivity contribution < 1.29 is 13.9 Å². The molecule has 76 valence electrons. The molecule has 2 N–H and O–H groups in total. The first-order chi connectivity index (χ1) is 6.60. The zero-order valence-electron chi connectivity index (χ0n) is 7.51. The molecule has 1 aromatic carbocycles. The van der Waals surface area contributed by atoms with Gasteiger partial charge < -0.3 is 10.5 Å². The SMILES string of the molecule is COC(=O)c1c(F)cc(Br)cc1CN. The summed E-state index contributed by atoms with van der Waals surface area (Å²) in [5.74, 6) is -1.35. The van der Waals surface area contributed by atoms with Crippen molar-refractivity contribution in [2.24, 2.45) is 5.73 Å². The van der Waals surface area contributed by atoms with Crippen LogP contribution in [0.2, 0.25) is 0 Å². The maximum atomic E-state index is 13.3. The molecule has 0 spiro atoms. The summed E-state index contributed by atoms with van der Waals surface area (Å²) >= 11 is 3.11. The van der Waals surface area contributed by atoms with Crippen molar-refractivity contribution in [2.75, 3.05) is 7.11 Å². The predicted octanol–water partition coefficient (Wildman–Crippen LogP) is 1.83. The number of nitrogens with two attached hydrogens (primary N) is 1. The lowest BCUT2D eigenvalue weighted by atomic mass is 10.1. The van der Waals surface area contributed by atoms with E-state index in [1.54, 1.807) is 6.07 Å². The number of carbonyl (C=O) groups is 1. The van der Waals surface area contributed by atoms with E-state index in [0.29, 0.717) is 10.0 Å². The Labute approximate surface area is 89.2 Å². The molecule has 0 saturated heterocycles. The van der Waals surface area contributed by atoms with E-state index < -0.39 is 11.8 Å². The second-order valence-corrected chi connectivity index (χ2v) is 3.53. The van der Waals surface area contributed by atoms with Gasteiger partial charge in [0, 0.05) is 11.0 Å². The highest BCUT2D eigenvalue weighted by Gasteiger charge is 2.17. The van der Waals surface area contributed by atoms with E-state index in [4.69, 9.17) is 5.73 Å². The zero-order chi connectivity index (χ0) is 10.7. The van der Waals surface area contributed by atoms with Gasteiger partial charge in [-0.15, -0.1) is 0 Å². The lowest BCUT2D eigenvalue weighted by Gasteiger charge is -2.07. The van der Waals surface area contributed by atoms with Gasteiger partial charge in [-0.2, -0.15) is 0 Å². The lowest BCUT2D eigenvalue weighted by Crippen LogP contribution is -2.11. The second kappa shape index (κ2) is 4.52. The van der Waals surface area contributed by atoms with Crippen LogP contribution >= 0.6 is 15.9 Å². The molecule has 0 aliphatic rings. The van der Waals surface area contributed by atoms with Crippen molar-refractivity contribution in [2.45, 2.75) is 6.54 Å². The van der Waals surface area contributed by atoms with E-state index in [-0.39, 0.29) is 12.1 Å². The van der Waals surface area contributed by atoms with Crippen LogP contribution in [0.4, 0.5) is 4.39 Å². The van der Waals surface area contributed by atoms with E-state index in [1.165, 1.54) is 13.2 Å². The van der Waals surface area contributed by atoms with E-state index in [1.807, 2.05) is 0 Å². The standard InChI is InChI=1S/C9H9BrFNO2/c1-14-9(13)8-5(4-12)2-6(10)3-7(8)11/h2-3H,4,12H2,1H3. The molecule has 0 aliphatic heterocycles. The van der Waals surface area contributed by atoms with Crippen LogP contribution in [0, 0.1) is 5.82 Å². The molecule has 3 nitrogen and oxygen atoms in total. The zero-order valence-corrected chi connectivity index (χ0v) is 9.10. The number of benzene rings is 1. The summed E-state index contributed by atoms with van der Waals surface area (Å²) < 4.78 is 18.3. The number of methoxy groups -OCH3 is 1. The monoisotopic (exact) mass is 261 g/mol. The number of rotatable bonds is 2. The highest BCUT2D eigenvalue weighted by molar-refractivity contribution is 9.10. The third kappa shape index (κ3) is 2.10. The Balaban J connectivity index is 3.32. The van der Waals surface area contributed by atoms with Gasteiger partial charge in [0.15, 0.2) is 0 Å². The molecule has 14 heavy (non-hydrogen) atoms. The first-order valence-corrected chi connectivity index (χ1v) is 4.65. The molecular weight excluding hydrogens is 253 g/mol. The number of carbonyl (C=O) groups excluding carboxylic acids is 1. The second-order valence-electron chi connectivity index (χ2n) is 2.62. The molecule has 0 fully saturated rings. The molecule has 5 heteroatoms. The third-order valence-corrected chi connectivity index (χ3v) is 2.20. The lowest BCUT2D eigenvalue weighted by molar-refractivity contribution is 0.0594. The van der Waals surface area contributed by atoms with Crippen molar-refractivity contribution in [1.82, 2.24) is 0 Å². The Hall–Kier alpha value is -0.940. The minimum atomic E-state index is -0.713. The molecule has 0 aromatic heterocycles. The van der Waals surface area contributed by atoms with Crippen molar-refractivity contribution >= 4 is 21.9 Å². The molecule has 0 bridgehead atoms. The number of esters is 1. The molecule has 1 aromatic rings. The van der Waals surface area contributed by atoms with Gasteiger partial charge in [-0.25, -0.2) is 9.18 Å². The first kappa shape index (κ1) is 11.1. The fraction of sp³-hybridized carbons (Fsp3) is 0.222. The summed E-state index contributed by atoms with van der Waals surface area (Å²) in [4.78, 5) is 11.2. The van der Waals surface area contributed by atoms with Crippen LogP contribution in [0.15, 0.2) is 16.6 Å². The van der Waals surface area contributed by atoms with Crippen LogP contribution in [0.5, 0.6) is 0 Å². The summed E-state index contributed by atoms with van der Waals surface area (Å²) in [5.41, 5.74) is 5.71. The van der Waals surface area contributed by atoms with E-state index in [2.05, 4.69) is 20.7 Å². The topological polar surface area (TPSA) is 52.3 Å². The fourth-order valence-electron chi connectivity index (χ4n) is 1.12. The molecule has 0 radical (unpaired) electrons. The van der Waals surface area contributed by atoms with Crippen molar-refractivity contribution in [3.63, 3.8) is 0 Å². The van der Waals surface area contributed by atoms with Gasteiger partial charge in [0.05, 0.1) is 12.7 Å². The molecule has 0 atom stereocenters. The number of halogens is 2. The Morgan fingerprint density at radius 2 is 2.29 bits per heavy atom. The average molecular weight is 262 g/mol. The van der Waals surface area contributed by atoms with Crippen molar-refractivity contribution in [3.8, 4) is 0 Å². The van der Waals surface area contributed by atoms with Crippen LogP contribution in [0.3, 0.4) is 0 Å². The summed E-state index contributed by atoms with van der Waals surface area (Å²) in [6.07, 6.45) is 0. The van der Waals surface area contributed by atoms with Gasteiger partial charge in [-0.1, -0.05) is 15.9 Å². The molecule has 0 unspecified atom stereocenters. The van der Waals surface area contributed by atoms with E-state index >= 15 is 0 Å². The quantitative estimate of drug-likeness (QED) is 0.827. The molecule has 0 heterocycles. The van der Waals surface area contributed by atoms with Crippen molar-refractivity contribution in [1.29, 1.82) is 0 Å². The largest absolute Gasteiger partial charge is 0.465 e. The predicted molar refractivity (Wildman–Crippen MR) is 53.3 cm³/mol. The summed E-state index contributed by atoms with van der Waals surface area (Å²) in [6, 6.07) is 2.79. The van der Waals surface area contributed by atoms with Gasteiger partial charge in [0.25, 0.3) is 0 Å². The number of ether oxygens (including phenoxy) is 1. The minimum Gasteiger partial charge on any atom is -0.465 e.